The fourth-order valence-electron chi connectivity index (χ4n) is 6.91. The average molecular weight is 436 g/mol. The van der Waals surface area contributed by atoms with Crippen LogP contribution >= 0.6 is 0 Å². The molecule has 0 spiro atoms. The number of allylic oxidation sites excluding steroid dienone is 8. The molecule has 3 unspecified atom stereocenters. The summed E-state index contributed by atoms with van der Waals surface area (Å²) in [6.45, 7) is 9.35. The van der Waals surface area contributed by atoms with E-state index in [0.717, 1.165) is 23.7 Å². The molecule has 3 rings (SSSR count). The molecule has 0 aromatic carbocycles. The van der Waals surface area contributed by atoms with Crippen molar-refractivity contribution in [2.24, 2.45) is 35.3 Å². The third-order valence-corrected chi connectivity index (χ3v) is 8.70. The van der Waals surface area contributed by atoms with Gasteiger partial charge in [0.15, 0.2) is 0 Å². The van der Waals surface area contributed by atoms with Crippen molar-refractivity contribution in [1.82, 2.24) is 0 Å². The van der Waals surface area contributed by atoms with E-state index in [4.69, 9.17) is 5.73 Å². The van der Waals surface area contributed by atoms with Crippen LogP contribution in [0.3, 0.4) is 0 Å². The molecule has 3 aliphatic rings. The van der Waals surface area contributed by atoms with Crippen molar-refractivity contribution in [3.05, 3.63) is 59.8 Å². The molecule has 0 saturated heterocycles. The predicted molar refractivity (Wildman–Crippen MR) is 141 cm³/mol. The monoisotopic (exact) mass is 435 g/mol. The van der Waals surface area contributed by atoms with Gasteiger partial charge in [0, 0.05) is 6.54 Å². The van der Waals surface area contributed by atoms with Gasteiger partial charge in [-0.3, -0.25) is 0 Å². The van der Waals surface area contributed by atoms with Crippen LogP contribution in [-0.2, 0) is 0 Å². The highest BCUT2D eigenvalue weighted by molar-refractivity contribution is 5.35. The number of nitrogens with two attached hydrogens (primary N) is 1. The van der Waals surface area contributed by atoms with E-state index >= 15 is 0 Å². The standard InChI is InChI=1S/C31H49N/c1-4-6-7-8-9-10-14-24(3)28-21-22-29(31-16-12-11-15-30(28)31)26-19-17-25(18-20-26)27(23-32)13-5-2/h5-7,12-13,16,24-26,28,30H,2,4,8-11,14-15,17-23,32H2,1,3H3/b7-6-,27-13+. The van der Waals surface area contributed by atoms with Crippen LogP contribution in [0, 0.1) is 29.6 Å². The molecule has 3 atom stereocenters. The highest BCUT2D eigenvalue weighted by Crippen LogP contribution is 2.49. The quantitative estimate of drug-likeness (QED) is 0.196. The summed E-state index contributed by atoms with van der Waals surface area (Å²) in [5.74, 6) is 4.10. The summed E-state index contributed by atoms with van der Waals surface area (Å²) in [6, 6.07) is 0. The highest BCUT2D eigenvalue weighted by atomic mass is 14.5. The van der Waals surface area contributed by atoms with Crippen LogP contribution in [0.5, 0.6) is 0 Å². The topological polar surface area (TPSA) is 26.0 Å². The summed E-state index contributed by atoms with van der Waals surface area (Å²) in [4.78, 5) is 0. The normalized spacial score (nSPS) is 29.9. The summed E-state index contributed by atoms with van der Waals surface area (Å²) in [6.07, 6.45) is 31.2. The molecule has 0 aliphatic heterocycles. The summed E-state index contributed by atoms with van der Waals surface area (Å²) in [5.41, 5.74) is 11.1. The summed E-state index contributed by atoms with van der Waals surface area (Å²) in [5, 5.41) is 0. The van der Waals surface area contributed by atoms with Crippen molar-refractivity contribution in [3.8, 4) is 0 Å². The fraction of sp³-hybridized carbons (Fsp3) is 0.677. The first-order valence-corrected chi connectivity index (χ1v) is 13.8. The van der Waals surface area contributed by atoms with Crippen molar-refractivity contribution >= 4 is 0 Å². The predicted octanol–water partition coefficient (Wildman–Crippen LogP) is 8.70. The molecular formula is C31H49N. The van der Waals surface area contributed by atoms with Gasteiger partial charge < -0.3 is 5.73 Å². The molecule has 0 bridgehead atoms. The van der Waals surface area contributed by atoms with Crippen LogP contribution in [0.4, 0.5) is 0 Å². The minimum absolute atomic E-state index is 0.682. The smallest absolute Gasteiger partial charge is 0.0142 e. The molecule has 1 heteroatoms. The maximum Gasteiger partial charge on any atom is 0.0142 e. The molecule has 32 heavy (non-hydrogen) atoms. The molecule has 2 N–H and O–H groups in total. The number of unbranched alkanes of at least 4 members (excludes halogenated alkanes) is 2. The first-order valence-electron chi connectivity index (χ1n) is 13.8. The van der Waals surface area contributed by atoms with Gasteiger partial charge in [-0.1, -0.05) is 80.9 Å². The fourth-order valence-corrected chi connectivity index (χ4v) is 6.91. The molecule has 3 aliphatic carbocycles. The Kier molecular flexibility index (Phi) is 10.6. The summed E-state index contributed by atoms with van der Waals surface area (Å²) < 4.78 is 0. The third-order valence-electron chi connectivity index (χ3n) is 8.70. The van der Waals surface area contributed by atoms with Gasteiger partial charge in [0.05, 0.1) is 0 Å². The Balaban J connectivity index is 1.60. The minimum atomic E-state index is 0.682. The molecule has 1 saturated carbocycles. The maximum absolute atomic E-state index is 6.03. The van der Waals surface area contributed by atoms with Gasteiger partial charge in [0.25, 0.3) is 0 Å². The molecular weight excluding hydrogens is 386 g/mol. The van der Waals surface area contributed by atoms with Gasteiger partial charge in [0.1, 0.15) is 0 Å². The Morgan fingerprint density at radius 2 is 1.94 bits per heavy atom. The zero-order valence-corrected chi connectivity index (χ0v) is 21.0. The van der Waals surface area contributed by atoms with E-state index in [9.17, 15) is 0 Å². The van der Waals surface area contributed by atoms with Crippen molar-refractivity contribution < 1.29 is 0 Å². The van der Waals surface area contributed by atoms with Crippen LogP contribution in [0.2, 0.25) is 0 Å². The number of rotatable bonds is 11. The Hall–Kier alpha value is -1.34. The lowest BCUT2D eigenvalue weighted by atomic mass is 9.62. The van der Waals surface area contributed by atoms with Gasteiger partial charge in [-0.05, 0) is 106 Å². The summed E-state index contributed by atoms with van der Waals surface area (Å²) in [7, 11) is 0. The molecule has 0 amide bonds. The maximum atomic E-state index is 6.03. The summed E-state index contributed by atoms with van der Waals surface area (Å²) >= 11 is 0. The number of hydrogen-bond acceptors (Lipinski definition) is 1. The minimum Gasteiger partial charge on any atom is -0.327 e. The largest absolute Gasteiger partial charge is 0.327 e. The van der Waals surface area contributed by atoms with Crippen molar-refractivity contribution in [2.75, 3.05) is 6.54 Å². The second-order valence-electron chi connectivity index (χ2n) is 10.6. The van der Waals surface area contributed by atoms with E-state index in [-0.39, 0.29) is 0 Å². The van der Waals surface area contributed by atoms with Crippen LogP contribution in [-0.4, -0.2) is 6.54 Å². The SMILES string of the molecule is C=C/C=C(\CN)C1CCC(C2=C3C=CCCC3C(C(C)CCCC/C=C\CC)CC2)CC1. The van der Waals surface area contributed by atoms with Crippen molar-refractivity contribution in [1.29, 1.82) is 0 Å². The Bertz CT molecular complexity index is 698. The van der Waals surface area contributed by atoms with E-state index in [1.807, 2.05) is 11.6 Å². The molecule has 0 aromatic rings. The van der Waals surface area contributed by atoms with Crippen LogP contribution in [0.1, 0.15) is 97.3 Å². The van der Waals surface area contributed by atoms with Crippen molar-refractivity contribution in [3.63, 3.8) is 0 Å². The lowest BCUT2D eigenvalue weighted by Gasteiger charge is -2.43. The van der Waals surface area contributed by atoms with Crippen molar-refractivity contribution in [2.45, 2.75) is 97.3 Å². The van der Waals surface area contributed by atoms with E-state index in [2.05, 4.69) is 50.8 Å². The second-order valence-corrected chi connectivity index (χ2v) is 10.6. The van der Waals surface area contributed by atoms with Crippen LogP contribution < -0.4 is 5.73 Å². The Morgan fingerprint density at radius 3 is 2.66 bits per heavy atom. The first kappa shape index (κ1) is 25.3. The Labute approximate surface area is 199 Å². The van der Waals surface area contributed by atoms with Gasteiger partial charge in [-0.15, -0.1) is 0 Å². The van der Waals surface area contributed by atoms with E-state index in [1.165, 1.54) is 89.0 Å². The molecule has 0 radical (unpaired) electrons. The molecule has 0 aromatic heterocycles. The highest BCUT2D eigenvalue weighted by Gasteiger charge is 2.37. The van der Waals surface area contributed by atoms with Crippen LogP contribution in [0.15, 0.2) is 59.8 Å². The van der Waals surface area contributed by atoms with E-state index < -0.39 is 0 Å². The van der Waals surface area contributed by atoms with Crippen LogP contribution in [0.25, 0.3) is 0 Å². The second kappa shape index (κ2) is 13.4. The van der Waals surface area contributed by atoms with Gasteiger partial charge >= 0.3 is 0 Å². The molecule has 0 heterocycles. The molecule has 178 valence electrons. The zero-order chi connectivity index (χ0) is 22.8. The average Bonchev–Trinajstić information content (AvgIpc) is 2.84. The lowest BCUT2D eigenvalue weighted by Crippen LogP contribution is -2.31. The van der Waals surface area contributed by atoms with Gasteiger partial charge in [0.2, 0.25) is 0 Å². The van der Waals surface area contributed by atoms with E-state index in [1.54, 1.807) is 5.57 Å². The van der Waals surface area contributed by atoms with Gasteiger partial charge in [-0.2, -0.15) is 0 Å². The Morgan fingerprint density at radius 1 is 1.12 bits per heavy atom. The molecule has 1 nitrogen and oxygen atoms in total. The zero-order valence-electron chi connectivity index (χ0n) is 21.0. The van der Waals surface area contributed by atoms with Gasteiger partial charge in [-0.25, -0.2) is 0 Å². The number of fused-ring (bicyclic) bond motifs is 1. The third kappa shape index (κ3) is 6.60. The number of hydrogen-bond donors (Lipinski definition) is 1. The van der Waals surface area contributed by atoms with E-state index in [0.29, 0.717) is 12.5 Å². The first-order chi connectivity index (χ1) is 15.7. The molecule has 1 fully saturated rings. The lowest BCUT2D eigenvalue weighted by molar-refractivity contribution is 0.204.